The first-order valence-electron chi connectivity index (χ1n) is 10.6. The highest BCUT2D eigenvalue weighted by Gasteiger charge is 2.30. The number of benzene rings is 1. The molecular weight excluding hydrogens is 408 g/mol. The van der Waals surface area contributed by atoms with Crippen LogP contribution < -0.4 is 14.8 Å². The first-order chi connectivity index (χ1) is 14.4. The van der Waals surface area contributed by atoms with E-state index in [1.807, 2.05) is 0 Å². The molecule has 1 saturated carbocycles. The first kappa shape index (κ1) is 23.0. The Bertz CT molecular complexity index is 808. The molecular formula is C21H32N2O6S. The highest BCUT2D eigenvalue weighted by atomic mass is 32.2. The molecule has 9 heteroatoms. The highest BCUT2D eigenvalue weighted by molar-refractivity contribution is 7.88. The van der Waals surface area contributed by atoms with Crippen molar-refractivity contribution in [3.05, 3.63) is 23.8 Å². The number of phenols is 1. The molecule has 0 amide bonds. The van der Waals surface area contributed by atoms with Gasteiger partial charge < -0.3 is 19.9 Å². The van der Waals surface area contributed by atoms with E-state index in [-0.39, 0.29) is 36.5 Å². The van der Waals surface area contributed by atoms with Gasteiger partial charge in [0.15, 0.2) is 6.29 Å². The molecule has 8 nitrogen and oxygen atoms in total. The smallest absolute Gasteiger partial charge is 0.209 e. The van der Waals surface area contributed by atoms with Gasteiger partial charge in [-0.1, -0.05) is 0 Å². The average Bonchev–Trinajstić information content (AvgIpc) is 2.71. The predicted molar refractivity (Wildman–Crippen MR) is 113 cm³/mol. The molecule has 2 aliphatic rings. The Balaban J connectivity index is 1.52. The zero-order chi connectivity index (χ0) is 21.6. The second kappa shape index (κ2) is 10.6. The molecule has 1 aromatic carbocycles. The van der Waals surface area contributed by atoms with E-state index in [9.17, 15) is 18.3 Å². The van der Waals surface area contributed by atoms with Crippen LogP contribution in [0.1, 0.15) is 50.0 Å². The molecule has 2 fully saturated rings. The largest absolute Gasteiger partial charge is 0.508 e. The lowest BCUT2D eigenvalue weighted by Gasteiger charge is -2.35. The third-order valence-corrected chi connectivity index (χ3v) is 6.61. The molecule has 168 valence electrons. The van der Waals surface area contributed by atoms with E-state index in [4.69, 9.17) is 9.47 Å². The van der Waals surface area contributed by atoms with Gasteiger partial charge in [-0.05, 0) is 69.2 Å². The van der Waals surface area contributed by atoms with E-state index in [0.717, 1.165) is 50.6 Å². The number of hydrogen-bond donors (Lipinski definition) is 3. The number of ether oxygens (including phenoxy) is 2. The van der Waals surface area contributed by atoms with Crippen LogP contribution in [0.2, 0.25) is 0 Å². The van der Waals surface area contributed by atoms with Gasteiger partial charge in [0, 0.05) is 17.6 Å². The van der Waals surface area contributed by atoms with Gasteiger partial charge in [0.25, 0.3) is 0 Å². The van der Waals surface area contributed by atoms with Gasteiger partial charge in [-0.3, -0.25) is 4.79 Å². The van der Waals surface area contributed by atoms with Crippen molar-refractivity contribution in [3.63, 3.8) is 0 Å². The maximum Gasteiger partial charge on any atom is 0.209 e. The van der Waals surface area contributed by atoms with Gasteiger partial charge in [-0.2, -0.15) is 0 Å². The van der Waals surface area contributed by atoms with Gasteiger partial charge in [-0.15, -0.1) is 0 Å². The van der Waals surface area contributed by atoms with E-state index in [1.165, 1.54) is 6.26 Å². The third kappa shape index (κ3) is 6.66. The monoisotopic (exact) mass is 440 g/mol. The van der Waals surface area contributed by atoms with Crippen LogP contribution in [0.3, 0.4) is 0 Å². The number of rotatable bonds is 9. The van der Waals surface area contributed by atoms with E-state index >= 15 is 0 Å². The van der Waals surface area contributed by atoms with Crippen LogP contribution in [0.25, 0.3) is 0 Å². The van der Waals surface area contributed by atoms with Crippen LogP contribution in [0, 0.1) is 0 Å². The number of hydrogen-bond acceptors (Lipinski definition) is 7. The maximum absolute atomic E-state index is 11.6. The van der Waals surface area contributed by atoms with E-state index in [1.54, 1.807) is 18.2 Å². The number of piperidine rings is 1. The van der Waals surface area contributed by atoms with Crippen molar-refractivity contribution in [2.24, 2.45) is 0 Å². The number of phenolic OH excluding ortho intramolecular Hbond substituents is 1. The molecule has 1 aromatic rings. The van der Waals surface area contributed by atoms with Crippen molar-refractivity contribution >= 4 is 16.3 Å². The number of nitrogens with one attached hydrogen (secondary N) is 2. The number of aldehydes is 1. The predicted octanol–water partition coefficient (Wildman–Crippen LogP) is 1.68. The average molecular weight is 441 g/mol. The summed E-state index contributed by atoms with van der Waals surface area (Å²) < 4.78 is 37.6. The molecule has 3 N–H and O–H groups in total. The topological polar surface area (TPSA) is 114 Å². The summed E-state index contributed by atoms with van der Waals surface area (Å²) in [5, 5.41) is 13.2. The van der Waals surface area contributed by atoms with Gasteiger partial charge >= 0.3 is 0 Å². The fourth-order valence-corrected chi connectivity index (χ4v) is 5.27. The lowest BCUT2D eigenvalue weighted by Crippen LogP contribution is -2.55. The van der Waals surface area contributed by atoms with E-state index in [0.29, 0.717) is 18.6 Å². The summed E-state index contributed by atoms with van der Waals surface area (Å²) in [6.45, 7) is 1.33. The second-order valence-electron chi connectivity index (χ2n) is 8.21. The van der Waals surface area contributed by atoms with Crippen molar-refractivity contribution < 1.29 is 27.8 Å². The van der Waals surface area contributed by atoms with Crippen molar-refractivity contribution in [3.8, 4) is 11.5 Å². The summed E-state index contributed by atoms with van der Waals surface area (Å²) in [6.07, 6.45) is 7.33. The minimum atomic E-state index is -3.25. The zero-order valence-corrected chi connectivity index (χ0v) is 18.2. The summed E-state index contributed by atoms with van der Waals surface area (Å²) >= 11 is 0. The summed E-state index contributed by atoms with van der Waals surface area (Å²) in [6, 6.07) is 4.83. The normalized spacial score (nSPS) is 27.5. The molecule has 1 aliphatic heterocycles. The van der Waals surface area contributed by atoms with Crippen LogP contribution in [-0.2, 0) is 19.6 Å². The van der Waals surface area contributed by atoms with Crippen molar-refractivity contribution in [1.29, 1.82) is 0 Å². The Labute approximate surface area is 178 Å². The van der Waals surface area contributed by atoms with Crippen molar-refractivity contribution in [2.75, 3.05) is 26.0 Å². The Kier molecular flexibility index (Phi) is 8.10. The van der Waals surface area contributed by atoms with Gasteiger partial charge in [0.1, 0.15) is 18.1 Å². The quantitative estimate of drug-likeness (QED) is 0.501. The SMILES string of the molecule is CS(=O)(=O)N[C@H]1CCCN[C@H]1CO[C@H]1CC[C@@H](c2cc(O)ccc2OCC=O)CC1. The number of carbonyl (C=O) groups excluding carboxylic acids is 1. The minimum Gasteiger partial charge on any atom is -0.508 e. The zero-order valence-electron chi connectivity index (χ0n) is 17.4. The van der Waals surface area contributed by atoms with E-state index in [2.05, 4.69) is 10.0 Å². The molecule has 0 unspecified atom stereocenters. The lowest BCUT2D eigenvalue weighted by molar-refractivity contribution is -0.109. The van der Waals surface area contributed by atoms with Gasteiger partial charge in [-0.25, -0.2) is 13.1 Å². The Morgan fingerprint density at radius 1 is 1.23 bits per heavy atom. The molecule has 3 rings (SSSR count). The summed E-state index contributed by atoms with van der Waals surface area (Å²) in [5.41, 5.74) is 0.932. The molecule has 0 bridgehead atoms. The molecule has 0 spiro atoms. The molecule has 1 aliphatic carbocycles. The van der Waals surface area contributed by atoms with Crippen LogP contribution in [-0.4, -0.2) is 64.0 Å². The third-order valence-electron chi connectivity index (χ3n) is 5.88. The lowest BCUT2D eigenvalue weighted by atomic mass is 9.82. The summed E-state index contributed by atoms with van der Waals surface area (Å²) in [7, 11) is -3.25. The van der Waals surface area contributed by atoms with Crippen LogP contribution in [0.15, 0.2) is 18.2 Å². The van der Waals surface area contributed by atoms with Crippen LogP contribution in [0.5, 0.6) is 11.5 Å². The van der Waals surface area contributed by atoms with Crippen LogP contribution >= 0.6 is 0 Å². The number of aromatic hydroxyl groups is 1. The van der Waals surface area contributed by atoms with Crippen molar-refractivity contribution in [1.82, 2.24) is 10.0 Å². The van der Waals surface area contributed by atoms with Gasteiger partial charge in [0.05, 0.1) is 19.0 Å². The fraction of sp³-hybridized carbons (Fsp3) is 0.667. The Hall–Kier alpha value is -1.68. The molecule has 0 radical (unpaired) electrons. The molecule has 30 heavy (non-hydrogen) atoms. The van der Waals surface area contributed by atoms with Gasteiger partial charge in [0.2, 0.25) is 10.0 Å². The minimum absolute atomic E-state index is 0.00664. The standard InChI is InChI=1S/C21H32N2O6S/c1-30(26,27)23-19-3-2-10-22-20(19)14-29-17-7-4-15(5-8-17)18-13-16(25)6-9-21(18)28-12-11-24/h6,9,11,13,15,17,19-20,22-23,25H,2-5,7-8,10,12,14H2,1H3/t15-,17+,19-,20-/m0/s1. The molecule has 1 heterocycles. The van der Waals surface area contributed by atoms with E-state index < -0.39 is 10.0 Å². The molecule has 1 saturated heterocycles. The summed E-state index contributed by atoms with van der Waals surface area (Å²) in [4.78, 5) is 10.6. The first-order valence-corrected chi connectivity index (χ1v) is 12.5. The number of sulfonamides is 1. The molecule has 0 aromatic heterocycles. The fourth-order valence-electron chi connectivity index (χ4n) is 4.43. The summed E-state index contributed by atoms with van der Waals surface area (Å²) in [5.74, 6) is 1.08. The molecule has 2 atom stereocenters. The second-order valence-corrected chi connectivity index (χ2v) is 9.99. The maximum atomic E-state index is 11.6. The van der Waals surface area contributed by atoms with Crippen molar-refractivity contribution in [2.45, 2.75) is 62.6 Å². The Morgan fingerprint density at radius 2 is 2.00 bits per heavy atom. The highest BCUT2D eigenvalue weighted by Crippen LogP contribution is 2.40. The van der Waals surface area contributed by atoms with Crippen LogP contribution in [0.4, 0.5) is 0 Å². The number of carbonyl (C=O) groups is 1. The Morgan fingerprint density at radius 3 is 2.70 bits per heavy atom.